The summed E-state index contributed by atoms with van der Waals surface area (Å²) in [5, 5.41) is 12.9. The fraction of sp³-hybridized carbons (Fsp3) is 0.348. The molecule has 6 heteroatoms. The van der Waals surface area contributed by atoms with Crippen LogP contribution in [0.5, 0.6) is 0 Å². The fourth-order valence-electron chi connectivity index (χ4n) is 4.03. The lowest BCUT2D eigenvalue weighted by Gasteiger charge is -2.55. The maximum absolute atomic E-state index is 13.0. The number of pyridine rings is 1. The van der Waals surface area contributed by atoms with Crippen LogP contribution in [-0.4, -0.2) is 52.0 Å². The molecule has 0 unspecified atom stereocenters. The van der Waals surface area contributed by atoms with E-state index in [4.69, 9.17) is 0 Å². The maximum atomic E-state index is 13.0. The quantitative estimate of drug-likeness (QED) is 0.755. The van der Waals surface area contributed by atoms with Gasteiger partial charge in [-0.3, -0.25) is 14.6 Å². The number of nitrogens with zero attached hydrogens (tertiary/aromatic N) is 2. The zero-order valence-corrected chi connectivity index (χ0v) is 16.8. The number of aliphatic hydroxyl groups is 1. The molecule has 2 heterocycles. The molecule has 1 aromatic heterocycles. The van der Waals surface area contributed by atoms with E-state index in [0.717, 1.165) is 16.7 Å². The van der Waals surface area contributed by atoms with Crippen molar-refractivity contribution in [1.29, 1.82) is 0 Å². The van der Waals surface area contributed by atoms with Crippen LogP contribution in [-0.2, 0) is 16.0 Å². The minimum atomic E-state index is -0.314. The Labute approximate surface area is 171 Å². The van der Waals surface area contributed by atoms with Crippen molar-refractivity contribution in [2.75, 3.05) is 13.2 Å². The van der Waals surface area contributed by atoms with Crippen LogP contribution in [0.25, 0.3) is 6.08 Å². The summed E-state index contributed by atoms with van der Waals surface area (Å²) in [6.07, 6.45) is 7.56. The van der Waals surface area contributed by atoms with Crippen molar-refractivity contribution in [3.63, 3.8) is 0 Å². The van der Waals surface area contributed by atoms with Gasteiger partial charge in [0.15, 0.2) is 0 Å². The molecule has 2 N–H and O–H groups in total. The van der Waals surface area contributed by atoms with Crippen LogP contribution in [0.2, 0.25) is 0 Å². The van der Waals surface area contributed by atoms with Gasteiger partial charge >= 0.3 is 0 Å². The second-order valence-corrected chi connectivity index (χ2v) is 7.29. The van der Waals surface area contributed by atoms with Crippen LogP contribution < -0.4 is 5.32 Å². The van der Waals surface area contributed by atoms with Crippen LogP contribution in [0.4, 0.5) is 0 Å². The number of aliphatic hydroxyl groups excluding tert-OH is 1. The van der Waals surface area contributed by atoms with Crippen molar-refractivity contribution < 1.29 is 14.7 Å². The number of aromatic nitrogens is 1. The molecule has 1 fully saturated rings. The monoisotopic (exact) mass is 393 g/mol. The molecule has 152 valence electrons. The van der Waals surface area contributed by atoms with Crippen LogP contribution >= 0.6 is 0 Å². The minimum Gasteiger partial charge on any atom is -0.394 e. The lowest BCUT2D eigenvalue weighted by atomic mass is 9.74. The second kappa shape index (κ2) is 9.47. The summed E-state index contributed by atoms with van der Waals surface area (Å²) < 4.78 is 0. The average Bonchev–Trinajstić information content (AvgIpc) is 2.69. The average molecular weight is 393 g/mol. The van der Waals surface area contributed by atoms with E-state index >= 15 is 0 Å². The van der Waals surface area contributed by atoms with Crippen molar-refractivity contribution in [2.24, 2.45) is 0 Å². The number of carbonyl (C=O) groups excluding carboxylic acids is 2. The zero-order valence-electron chi connectivity index (χ0n) is 16.8. The van der Waals surface area contributed by atoms with Gasteiger partial charge in [0.1, 0.15) is 0 Å². The Morgan fingerprint density at radius 3 is 2.55 bits per heavy atom. The van der Waals surface area contributed by atoms with Gasteiger partial charge in [-0.2, -0.15) is 0 Å². The molecule has 0 bridgehead atoms. The van der Waals surface area contributed by atoms with Gasteiger partial charge in [0.25, 0.3) is 0 Å². The highest BCUT2D eigenvalue weighted by Gasteiger charge is 2.50. The third-order valence-corrected chi connectivity index (χ3v) is 5.34. The third-order valence-electron chi connectivity index (χ3n) is 5.34. The number of benzene rings is 1. The molecule has 0 radical (unpaired) electrons. The highest BCUT2D eigenvalue weighted by Crippen LogP contribution is 2.41. The van der Waals surface area contributed by atoms with Crippen molar-refractivity contribution in [3.8, 4) is 0 Å². The summed E-state index contributed by atoms with van der Waals surface area (Å²) >= 11 is 0. The fourth-order valence-corrected chi connectivity index (χ4v) is 4.03. The van der Waals surface area contributed by atoms with Gasteiger partial charge in [0, 0.05) is 31.8 Å². The Hall–Kier alpha value is -2.99. The van der Waals surface area contributed by atoms with Crippen molar-refractivity contribution in [3.05, 3.63) is 71.6 Å². The first-order chi connectivity index (χ1) is 14.0. The maximum Gasteiger partial charge on any atom is 0.227 e. The number of rotatable bonds is 7. The van der Waals surface area contributed by atoms with E-state index in [-0.39, 0.29) is 42.8 Å². The third kappa shape index (κ3) is 4.71. The predicted octanol–water partition coefficient (Wildman–Crippen LogP) is 2.15. The van der Waals surface area contributed by atoms with Crippen LogP contribution in [0.3, 0.4) is 0 Å². The lowest BCUT2D eigenvalue weighted by Crippen LogP contribution is -2.68. The van der Waals surface area contributed by atoms with Gasteiger partial charge < -0.3 is 15.3 Å². The molecule has 1 aliphatic heterocycles. The molecule has 0 spiro atoms. The van der Waals surface area contributed by atoms with E-state index < -0.39 is 0 Å². The zero-order chi connectivity index (χ0) is 20.8. The van der Waals surface area contributed by atoms with Gasteiger partial charge in [-0.15, -0.1) is 0 Å². The van der Waals surface area contributed by atoms with E-state index in [0.29, 0.717) is 6.54 Å². The molecule has 2 aromatic rings. The van der Waals surface area contributed by atoms with E-state index in [2.05, 4.69) is 10.3 Å². The number of amides is 2. The van der Waals surface area contributed by atoms with Gasteiger partial charge in [0.05, 0.1) is 25.1 Å². The SMILES string of the molecule is C/C=C/c1ccc([C@H]2[C@@H](CNC(C)=O)N(C(=O)Cc3cccnc3)[C@H]2CO)cc1. The van der Waals surface area contributed by atoms with Crippen molar-refractivity contribution >= 4 is 17.9 Å². The van der Waals surface area contributed by atoms with E-state index in [1.54, 1.807) is 23.4 Å². The van der Waals surface area contributed by atoms with Crippen molar-refractivity contribution in [2.45, 2.75) is 38.3 Å². The Kier molecular flexibility index (Phi) is 6.77. The number of likely N-dealkylation sites (tertiary alicyclic amines) is 1. The summed E-state index contributed by atoms with van der Waals surface area (Å²) in [7, 11) is 0. The Morgan fingerprint density at radius 2 is 1.97 bits per heavy atom. The molecule has 1 aliphatic rings. The molecule has 3 rings (SSSR count). The molecule has 0 aliphatic carbocycles. The summed E-state index contributed by atoms with van der Waals surface area (Å²) in [6.45, 7) is 3.66. The molecule has 1 saturated heterocycles. The minimum absolute atomic E-state index is 0.0376. The number of nitrogens with one attached hydrogen (secondary N) is 1. The first-order valence-corrected chi connectivity index (χ1v) is 9.83. The van der Waals surface area contributed by atoms with Gasteiger partial charge in [-0.05, 0) is 29.7 Å². The molecule has 29 heavy (non-hydrogen) atoms. The van der Waals surface area contributed by atoms with Gasteiger partial charge in [0.2, 0.25) is 11.8 Å². The number of allylic oxidation sites excluding steroid dienone is 1. The topological polar surface area (TPSA) is 82.5 Å². The summed E-state index contributed by atoms with van der Waals surface area (Å²) in [4.78, 5) is 30.3. The van der Waals surface area contributed by atoms with Gasteiger partial charge in [-0.25, -0.2) is 0 Å². The first-order valence-electron chi connectivity index (χ1n) is 9.83. The highest BCUT2D eigenvalue weighted by molar-refractivity contribution is 5.81. The lowest BCUT2D eigenvalue weighted by molar-refractivity contribution is -0.150. The number of hydrogen-bond donors (Lipinski definition) is 2. The summed E-state index contributed by atoms with van der Waals surface area (Å²) in [6, 6.07) is 11.3. The first kappa shape index (κ1) is 20.7. The van der Waals surface area contributed by atoms with Crippen LogP contribution in [0.1, 0.15) is 36.5 Å². The number of carbonyl (C=O) groups is 2. The van der Waals surface area contributed by atoms with E-state index in [1.807, 2.05) is 49.4 Å². The molecule has 0 saturated carbocycles. The van der Waals surface area contributed by atoms with E-state index in [1.165, 1.54) is 6.92 Å². The van der Waals surface area contributed by atoms with E-state index in [9.17, 15) is 14.7 Å². The molecular formula is C23H27N3O3. The Bertz CT molecular complexity index is 865. The molecule has 6 nitrogen and oxygen atoms in total. The largest absolute Gasteiger partial charge is 0.394 e. The Morgan fingerprint density at radius 1 is 1.21 bits per heavy atom. The normalized spacial score (nSPS) is 21.1. The predicted molar refractivity (Wildman–Crippen MR) is 112 cm³/mol. The number of hydrogen-bond acceptors (Lipinski definition) is 4. The standard InChI is InChI=1S/C23H27N3O3/c1-3-5-17-7-9-19(10-8-17)23-20(14-25-16(2)28)26(21(23)15-27)22(29)12-18-6-4-11-24-13-18/h3-11,13,20-21,23,27H,12,14-15H2,1-2H3,(H,25,28)/b5-3+/t20-,21+,23+/m1/s1. The molecule has 2 amide bonds. The van der Waals surface area contributed by atoms with Crippen molar-refractivity contribution in [1.82, 2.24) is 15.2 Å². The van der Waals surface area contributed by atoms with Crippen LogP contribution in [0, 0.1) is 0 Å². The van der Waals surface area contributed by atoms with Gasteiger partial charge in [-0.1, -0.05) is 42.5 Å². The Balaban J connectivity index is 1.83. The molecule has 3 atom stereocenters. The van der Waals surface area contributed by atoms with Crippen LogP contribution in [0.15, 0.2) is 54.9 Å². The summed E-state index contributed by atoms with van der Waals surface area (Å²) in [5.41, 5.74) is 2.98. The molecule has 1 aromatic carbocycles. The highest BCUT2D eigenvalue weighted by atomic mass is 16.3. The summed E-state index contributed by atoms with van der Waals surface area (Å²) in [5.74, 6) is -0.252. The smallest absolute Gasteiger partial charge is 0.227 e. The second-order valence-electron chi connectivity index (χ2n) is 7.29. The molecular weight excluding hydrogens is 366 g/mol.